The summed E-state index contributed by atoms with van der Waals surface area (Å²) < 4.78 is 6.14. The first-order valence-corrected chi connectivity index (χ1v) is 6.93. The number of carboxylic acids is 1. The molecule has 1 atom stereocenters. The molecule has 0 bridgehead atoms. The van der Waals surface area contributed by atoms with Gasteiger partial charge in [-0.15, -0.1) is 11.3 Å². The zero-order chi connectivity index (χ0) is 13.8. The van der Waals surface area contributed by atoms with Gasteiger partial charge in [-0.1, -0.05) is 23.7 Å². The van der Waals surface area contributed by atoms with Crippen LogP contribution in [0.15, 0.2) is 36.4 Å². The van der Waals surface area contributed by atoms with Gasteiger partial charge >= 0.3 is 5.97 Å². The third-order valence-electron chi connectivity index (χ3n) is 2.64. The molecular weight excluding hydrogens is 284 g/mol. The predicted octanol–water partition coefficient (Wildman–Crippen LogP) is 3.96. The summed E-state index contributed by atoms with van der Waals surface area (Å²) in [4.78, 5) is 12.0. The summed E-state index contributed by atoms with van der Waals surface area (Å²) in [5.41, 5.74) is 1.07. The molecule has 0 saturated carbocycles. The van der Waals surface area contributed by atoms with Crippen molar-refractivity contribution in [2.75, 3.05) is 6.61 Å². The summed E-state index contributed by atoms with van der Waals surface area (Å²) >= 11 is 7.10. The second-order valence-corrected chi connectivity index (χ2v) is 5.91. The SMILES string of the molecule is Cc1cccc(OCC(C(=O)O)c2ccc(Cl)s2)c1. The minimum absolute atomic E-state index is 0.0929. The fraction of sp³-hybridized carbons (Fsp3) is 0.214. The number of aryl methyl sites for hydroxylation is 1. The van der Waals surface area contributed by atoms with E-state index in [-0.39, 0.29) is 6.61 Å². The molecule has 1 aromatic carbocycles. The number of thiophene rings is 1. The van der Waals surface area contributed by atoms with Crippen LogP contribution in [0.1, 0.15) is 16.4 Å². The molecule has 1 N–H and O–H groups in total. The maximum absolute atomic E-state index is 11.3. The van der Waals surface area contributed by atoms with Crippen LogP contribution in [0.3, 0.4) is 0 Å². The molecule has 0 aliphatic rings. The number of carbonyl (C=O) groups is 1. The Labute approximate surface area is 120 Å². The number of rotatable bonds is 5. The van der Waals surface area contributed by atoms with Crippen LogP contribution in [0, 0.1) is 6.92 Å². The normalized spacial score (nSPS) is 12.1. The van der Waals surface area contributed by atoms with Gasteiger partial charge in [-0.05, 0) is 36.8 Å². The lowest BCUT2D eigenvalue weighted by Gasteiger charge is -2.12. The van der Waals surface area contributed by atoms with E-state index in [2.05, 4.69) is 0 Å². The summed E-state index contributed by atoms with van der Waals surface area (Å²) in [6.45, 7) is 2.05. The molecule has 1 heterocycles. The molecular formula is C14H13ClO3S. The maximum Gasteiger partial charge on any atom is 0.315 e. The highest BCUT2D eigenvalue weighted by Gasteiger charge is 2.22. The molecule has 5 heteroatoms. The van der Waals surface area contributed by atoms with Crippen LogP contribution >= 0.6 is 22.9 Å². The van der Waals surface area contributed by atoms with Gasteiger partial charge in [0.2, 0.25) is 0 Å². The monoisotopic (exact) mass is 296 g/mol. The van der Waals surface area contributed by atoms with Crippen LogP contribution in [0.25, 0.3) is 0 Å². The molecule has 0 saturated heterocycles. The van der Waals surface area contributed by atoms with Crippen LogP contribution in [-0.2, 0) is 4.79 Å². The summed E-state index contributed by atoms with van der Waals surface area (Å²) in [5.74, 6) is -0.932. The van der Waals surface area contributed by atoms with Crippen molar-refractivity contribution in [2.45, 2.75) is 12.8 Å². The van der Waals surface area contributed by atoms with Crippen LogP contribution in [0.2, 0.25) is 4.34 Å². The van der Waals surface area contributed by atoms with Crippen molar-refractivity contribution in [1.29, 1.82) is 0 Å². The molecule has 2 aromatic rings. The third kappa shape index (κ3) is 3.72. The molecule has 0 aliphatic carbocycles. The molecule has 2 rings (SSSR count). The van der Waals surface area contributed by atoms with E-state index in [0.717, 1.165) is 5.56 Å². The van der Waals surface area contributed by atoms with E-state index in [9.17, 15) is 9.90 Å². The molecule has 0 aliphatic heterocycles. The Morgan fingerprint density at radius 3 is 2.79 bits per heavy atom. The van der Waals surface area contributed by atoms with Gasteiger partial charge in [-0.2, -0.15) is 0 Å². The van der Waals surface area contributed by atoms with Crippen molar-refractivity contribution in [2.24, 2.45) is 0 Å². The summed E-state index contributed by atoms with van der Waals surface area (Å²) in [6.07, 6.45) is 0. The lowest BCUT2D eigenvalue weighted by atomic mass is 10.1. The number of carboxylic acid groups (broad SMARTS) is 1. The summed E-state index contributed by atoms with van der Waals surface area (Å²) in [7, 11) is 0. The number of hydrogen-bond acceptors (Lipinski definition) is 3. The van der Waals surface area contributed by atoms with Gasteiger partial charge in [-0.25, -0.2) is 0 Å². The minimum Gasteiger partial charge on any atom is -0.492 e. The van der Waals surface area contributed by atoms with E-state index in [4.69, 9.17) is 16.3 Å². The Balaban J connectivity index is 2.08. The molecule has 0 fully saturated rings. The largest absolute Gasteiger partial charge is 0.492 e. The number of aliphatic carboxylic acids is 1. The topological polar surface area (TPSA) is 46.5 Å². The van der Waals surface area contributed by atoms with Crippen molar-refractivity contribution in [1.82, 2.24) is 0 Å². The van der Waals surface area contributed by atoms with Gasteiger partial charge in [0.1, 0.15) is 18.3 Å². The van der Waals surface area contributed by atoms with Gasteiger partial charge in [0.25, 0.3) is 0 Å². The summed E-state index contributed by atoms with van der Waals surface area (Å²) in [6, 6.07) is 11.0. The lowest BCUT2D eigenvalue weighted by molar-refractivity contribution is -0.139. The minimum atomic E-state index is -0.911. The molecule has 1 unspecified atom stereocenters. The Kier molecular flexibility index (Phi) is 4.45. The van der Waals surface area contributed by atoms with Crippen molar-refractivity contribution in [3.05, 3.63) is 51.2 Å². The van der Waals surface area contributed by atoms with Gasteiger partial charge < -0.3 is 9.84 Å². The van der Waals surface area contributed by atoms with E-state index in [1.807, 2.05) is 31.2 Å². The first-order chi connectivity index (χ1) is 9.06. The van der Waals surface area contributed by atoms with E-state index < -0.39 is 11.9 Å². The highest BCUT2D eigenvalue weighted by Crippen LogP contribution is 2.29. The highest BCUT2D eigenvalue weighted by molar-refractivity contribution is 7.16. The Morgan fingerprint density at radius 1 is 1.42 bits per heavy atom. The average Bonchev–Trinajstić information content (AvgIpc) is 2.76. The van der Waals surface area contributed by atoms with Crippen LogP contribution in [0.5, 0.6) is 5.75 Å². The van der Waals surface area contributed by atoms with E-state index >= 15 is 0 Å². The first-order valence-electron chi connectivity index (χ1n) is 5.74. The van der Waals surface area contributed by atoms with Crippen LogP contribution < -0.4 is 4.74 Å². The Bertz CT molecular complexity index is 580. The standard InChI is InChI=1S/C14H13ClO3S/c1-9-3-2-4-10(7-9)18-8-11(14(16)17)12-5-6-13(15)19-12/h2-7,11H,8H2,1H3,(H,16,17). The number of halogens is 1. The predicted molar refractivity (Wildman–Crippen MR) is 76.4 cm³/mol. The molecule has 0 spiro atoms. The van der Waals surface area contributed by atoms with E-state index in [1.54, 1.807) is 12.1 Å². The number of ether oxygens (including phenoxy) is 1. The average molecular weight is 297 g/mol. The zero-order valence-electron chi connectivity index (χ0n) is 10.3. The molecule has 3 nitrogen and oxygen atoms in total. The van der Waals surface area contributed by atoms with Gasteiger partial charge in [0.15, 0.2) is 0 Å². The van der Waals surface area contributed by atoms with Gasteiger partial charge in [0, 0.05) is 4.88 Å². The Morgan fingerprint density at radius 2 is 2.21 bits per heavy atom. The van der Waals surface area contributed by atoms with Gasteiger partial charge in [-0.3, -0.25) is 4.79 Å². The molecule has 0 amide bonds. The summed E-state index contributed by atoms with van der Waals surface area (Å²) in [5, 5.41) is 9.25. The third-order valence-corrected chi connectivity index (χ3v) is 3.99. The smallest absolute Gasteiger partial charge is 0.315 e. The van der Waals surface area contributed by atoms with E-state index in [1.165, 1.54) is 11.3 Å². The molecule has 0 radical (unpaired) electrons. The van der Waals surface area contributed by atoms with E-state index in [0.29, 0.717) is 15.0 Å². The maximum atomic E-state index is 11.3. The number of benzene rings is 1. The van der Waals surface area contributed by atoms with Crippen molar-refractivity contribution >= 4 is 28.9 Å². The van der Waals surface area contributed by atoms with Crippen molar-refractivity contribution in [3.8, 4) is 5.75 Å². The second kappa shape index (κ2) is 6.08. The molecule has 1 aromatic heterocycles. The van der Waals surface area contributed by atoms with Gasteiger partial charge in [0.05, 0.1) is 4.34 Å². The molecule has 100 valence electrons. The van der Waals surface area contributed by atoms with Crippen LogP contribution in [0.4, 0.5) is 0 Å². The van der Waals surface area contributed by atoms with Crippen molar-refractivity contribution in [3.63, 3.8) is 0 Å². The number of hydrogen-bond donors (Lipinski definition) is 1. The zero-order valence-corrected chi connectivity index (χ0v) is 11.9. The fourth-order valence-electron chi connectivity index (χ4n) is 1.68. The Hall–Kier alpha value is -1.52. The quantitative estimate of drug-likeness (QED) is 0.908. The van der Waals surface area contributed by atoms with Crippen molar-refractivity contribution < 1.29 is 14.6 Å². The first kappa shape index (κ1) is 13.9. The fourth-order valence-corrected chi connectivity index (χ4v) is 2.81. The lowest BCUT2D eigenvalue weighted by Crippen LogP contribution is -2.18. The van der Waals surface area contributed by atoms with Crippen LogP contribution in [-0.4, -0.2) is 17.7 Å². The molecule has 19 heavy (non-hydrogen) atoms. The second-order valence-electron chi connectivity index (χ2n) is 4.16. The highest BCUT2D eigenvalue weighted by atomic mass is 35.5.